The summed E-state index contributed by atoms with van der Waals surface area (Å²) in [6, 6.07) is 3.81. The maximum atomic E-state index is 11.6. The van der Waals surface area contributed by atoms with Gasteiger partial charge in [-0.15, -0.1) is 4.91 Å². The Morgan fingerprint density at radius 3 is 2.72 bits per heavy atom. The molecule has 4 atom stereocenters. The quantitative estimate of drug-likeness (QED) is 0.833. The van der Waals surface area contributed by atoms with E-state index in [-0.39, 0.29) is 16.9 Å². The maximum Gasteiger partial charge on any atom is 0.153 e. The summed E-state index contributed by atoms with van der Waals surface area (Å²) in [4.78, 5) is 14.0. The number of aryl methyl sites for hydroxylation is 1. The highest BCUT2D eigenvalue weighted by Crippen LogP contribution is 2.55. The van der Waals surface area contributed by atoms with Crippen molar-refractivity contribution < 1.29 is 9.84 Å². The Bertz CT molecular complexity index is 715. The molecule has 2 aliphatic rings. The lowest BCUT2D eigenvalue weighted by atomic mass is 9.57. The Kier molecular flexibility index (Phi) is 4.62. The van der Waals surface area contributed by atoms with Gasteiger partial charge in [0.25, 0.3) is 0 Å². The SMILES string of the molecule is COC1=CC2(c3c(C)ccc(O)c3N=O)CCN(C)C(C)C2CC1C. The standard InChI is InChI=1S/C20H28N2O3/c1-12-6-7-16(23)19(21-24)18(12)20-8-9-22(4)14(3)15(20)10-13(2)17(11-20)25-5/h6-7,11,13-15,23H,8-10H2,1-5H3. The molecule has 1 heterocycles. The minimum Gasteiger partial charge on any atom is -0.506 e. The summed E-state index contributed by atoms with van der Waals surface area (Å²) in [6.45, 7) is 7.36. The number of fused-ring (bicyclic) bond motifs is 1. The van der Waals surface area contributed by atoms with Crippen LogP contribution in [0.5, 0.6) is 5.75 Å². The topological polar surface area (TPSA) is 62.1 Å². The zero-order valence-corrected chi connectivity index (χ0v) is 15.7. The molecule has 1 fully saturated rings. The van der Waals surface area contributed by atoms with Crippen molar-refractivity contribution in [3.63, 3.8) is 0 Å². The minimum absolute atomic E-state index is 0.0405. The van der Waals surface area contributed by atoms with E-state index in [4.69, 9.17) is 4.74 Å². The molecule has 0 spiro atoms. The fourth-order valence-electron chi connectivity index (χ4n) is 4.97. The second-order valence-corrected chi connectivity index (χ2v) is 7.72. The molecule has 1 aliphatic heterocycles. The highest BCUT2D eigenvalue weighted by Gasteiger charge is 2.51. The molecule has 1 aliphatic carbocycles. The van der Waals surface area contributed by atoms with Crippen molar-refractivity contribution in [1.29, 1.82) is 0 Å². The number of allylic oxidation sites excluding steroid dienone is 2. The van der Waals surface area contributed by atoms with E-state index < -0.39 is 0 Å². The van der Waals surface area contributed by atoms with E-state index >= 15 is 0 Å². The third-order valence-electron chi connectivity index (χ3n) is 6.47. The molecule has 4 unspecified atom stereocenters. The van der Waals surface area contributed by atoms with Gasteiger partial charge in [0.1, 0.15) is 5.75 Å². The van der Waals surface area contributed by atoms with E-state index in [1.165, 1.54) is 0 Å². The summed E-state index contributed by atoms with van der Waals surface area (Å²) < 4.78 is 5.68. The van der Waals surface area contributed by atoms with Crippen molar-refractivity contribution in [3.05, 3.63) is 40.0 Å². The number of aromatic hydroxyl groups is 1. The van der Waals surface area contributed by atoms with Gasteiger partial charge in [0.05, 0.1) is 12.9 Å². The molecule has 1 N–H and O–H groups in total. The molecule has 0 amide bonds. The van der Waals surface area contributed by atoms with Gasteiger partial charge in [-0.3, -0.25) is 0 Å². The van der Waals surface area contributed by atoms with E-state index in [9.17, 15) is 10.0 Å². The predicted molar refractivity (Wildman–Crippen MR) is 99.0 cm³/mol. The van der Waals surface area contributed by atoms with Crippen LogP contribution < -0.4 is 0 Å². The number of nitroso groups, excluding NO2 is 1. The fourth-order valence-corrected chi connectivity index (χ4v) is 4.97. The van der Waals surface area contributed by atoms with Crippen molar-refractivity contribution in [1.82, 2.24) is 4.90 Å². The molecule has 5 nitrogen and oxygen atoms in total. The summed E-state index contributed by atoms with van der Waals surface area (Å²) in [6.07, 6.45) is 4.08. The molecule has 0 bridgehead atoms. The number of rotatable bonds is 3. The number of ether oxygens (including phenoxy) is 1. The molecule has 1 aromatic carbocycles. The van der Waals surface area contributed by atoms with Crippen LogP contribution in [0.4, 0.5) is 5.69 Å². The zero-order chi connectivity index (χ0) is 18.4. The average Bonchev–Trinajstić information content (AvgIpc) is 2.60. The number of hydrogen-bond donors (Lipinski definition) is 1. The van der Waals surface area contributed by atoms with Gasteiger partial charge >= 0.3 is 0 Å². The molecule has 136 valence electrons. The van der Waals surface area contributed by atoms with Gasteiger partial charge in [-0.2, -0.15) is 0 Å². The van der Waals surface area contributed by atoms with Crippen molar-refractivity contribution >= 4 is 5.69 Å². The Hall–Kier alpha value is -1.88. The Morgan fingerprint density at radius 2 is 2.08 bits per heavy atom. The summed E-state index contributed by atoms with van der Waals surface area (Å²) >= 11 is 0. The van der Waals surface area contributed by atoms with Gasteiger partial charge in [0.2, 0.25) is 0 Å². The number of phenolic OH excluding ortho intramolecular Hbond substituents is 1. The molecule has 3 rings (SSSR count). The van der Waals surface area contributed by atoms with Crippen LogP contribution in [0.3, 0.4) is 0 Å². The van der Waals surface area contributed by atoms with Crippen molar-refractivity contribution in [3.8, 4) is 5.75 Å². The lowest BCUT2D eigenvalue weighted by molar-refractivity contribution is 0.0442. The van der Waals surface area contributed by atoms with Gasteiger partial charge in [-0.05, 0) is 74.6 Å². The number of methoxy groups -OCH3 is 1. The third-order valence-corrected chi connectivity index (χ3v) is 6.47. The average molecular weight is 344 g/mol. The number of nitrogens with zero attached hydrogens (tertiary/aromatic N) is 2. The highest BCUT2D eigenvalue weighted by molar-refractivity contribution is 5.64. The number of benzene rings is 1. The van der Waals surface area contributed by atoms with Crippen LogP contribution in [-0.2, 0) is 10.2 Å². The fraction of sp³-hybridized carbons (Fsp3) is 0.600. The van der Waals surface area contributed by atoms with E-state index in [2.05, 4.69) is 37.0 Å². The minimum atomic E-state index is -0.337. The number of piperidine rings is 1. The number of likely N-dealkylation sites (tertiary alicyclic amines) is 1. The summed E-state index contributed by atoms with van der Waals surface area (Å²) in [7, 11) is 3.87. The van der Waals surface area contributed by atoms with Crippen LogP contribution in [0.25, 0.3) is 0 Å². The summed E-state index contributed by atoms with van der Waals surface area (Å²) in [5.74, 6) is 1.59. The smallest absolute Gasteiger partial charge is 0.153 e. The largest absolute Gasteiger partial charge is 0.506 e. The lowest BCUT2D eigenvalue weighted by Gasteiger charge is -2.53. The number of phenols is 1. The summed E-state index contributed by atoms with van der Waals surface area (Å²) in [5, 5.41) is 13.5. The summed E-state index contributed by atoms with van der Waals surface area (Å²) in [5.41, 5.74) is 1.71. The van der Waals surface area contributed by atoms with Crippen LogP contribution in [0.2, 0.25) is 0 Å². The van der Waals surface area contributed by atoms with Crippen molar-refractivity contribution in [2.75, 3.05) is 20.7 Å². The van der Waals surface area contributed by atoms with Gasteiger partial charge < -0.3 is 14.7 Å². The number of hydrogen-bond acceptors (Lipinski definition) is 5. The van der Waals surface area contributed by atoms with E-state index in [1.807, 2.05) is 13.0 Å². The predicted octanol–water partition coefficient (Wildman–Crippen LogP) is 4.25. The first kappa shape index (κ1) is 17.9. The molecular formula is C20H28N2O3. The van der Waals surface area contributed by atoms with Crippen molar-refractivity contribution in [2.45, 2.75) is 45.1 Å². The zero-order valence-electron chi connectivity index (χ0n) is 15.7. The van der Waals surface area contributed by atoms with Gasteiger partial charge in [-0.25, -0.2) is 0 Å². The highest BCUT2D eigenvalue weighted by atomic mass is 16.5. The normalized spacial score (nSPS) is 32.7. The van der Waals surface area contributed by atoms with Crippen LogP contribution in [0, 0.1) is 23.7 Å². The molecule has 0 saturated carbocycles. The van der Waals surface area contributed by atoms with Crippen LogP contribution in [0.15, 0.2) is 29.1 Å². The molecule has 25 heavy (non-hydrogen) atoms. The van der Waals surface area contributed by atoms with Crippen LogP contribution >= 0.6 is 0 Å². The van der Waals surface area contributed by atoms with Gasteiger partial charge in [0.15, 0.2) is 5.69 Å². The first-order valence-corrected chi connectivity index (χ1v) is 8.99. The Morgan fingerprint density at radius 1 is 1.36 bits per heavy atom. The first-order valence-electron chi connectivity index (χ1n) is 8.99. The van der Waals surface area contributed by atoms with Gasteiger partial charge in [-0.1, -0.05) is 13.0 Å². The monoisotopic (exact) mass is 344 g/mol. The molecule has 5 heteroatoms. The second kappa shape index (κ2) is 6.45. The molecule has 1 aromatic rings. The van der Waals surface area contributed by atoms with Crippen LogP contribution in [-0.4, -0.2) is 36.8 Å². The molecule has 0 aromatic heterocycles. The lowest BCUT2D eigenvalue weighted by Crippen LogP contribution is -2.55. The molecule has 1 saturated heterocycles. The van der Waals surface area contributed by atoms with E-state index in [1.54, 1.807) is 13.2 Å². The second-order valence-electron chi connectivity index (χ2n) is 7.72. The third kappa shape index (κ3) is 2.65. The Labute approximate surface area is 149 Å². The van der Waals surface area contributed by atoms with Gasteiger partial charge in [0, 0.05) is 17.4 Å². The molecule has 0 radical (unpaired) electrons. The van der Waals surface area contributed by atoms with E-state index in [0.29, 0.717) is 17.9 Å². The van der Waals surface area contributed by atoms with E-state index in [0.717, 1.165) is 36.3 Å². The maximum absolute atomic E-state index is 11.6. The van der Waals surface area contributed by atoms with Crippen LogP contribution in [0.1, 0.15) is 37.8 Å². The molecular weight excluding hydrogens is 316 g/mol. The van der Waals surface area contributed by atoms with Crippen molar-refractivity contribution in [2.24, 2.45) is 17.0 Å². The first-order chi connectivity index (χ1) is 11.9. The Balaban J connectivity index is 2.30.